The van der Waals surface area contributed by atoms with Crippen LogP contribution in [-0.2, 0) is 23.7 Å². The Bertz CT molecular complexity index is 2490. The number of anilines is 4. The fourth-order valence-corrected chi connectivity index (χ4v) is 7.55. The first-order valence-corrected chi connectivity index (χ1v) is 20.5. The quantitative estimate of drug-likeness (QED) is 0.0738. The molecule has 64 heavy (non-hydrogen) atoms. The largest absolute Gasteiger partial charge is 0.461 e. The summed E-state index contributed by atoms with van der Waals surface area (Å²) in [4.78, 5) is 58.6. The average Bonchev–Trinajstić information content (AvgIpc) is 3.18. The Kier molecular flexibility index (Phi) is 14.7. The van der Waals surface area contributed by atoms with Crippen LogP contribution in [0.5, 0.6) is 5.75 Å². The molecule has 5 atom stereocenters. The predicted molar refractivity (Wildman–Crippen MR) is 242 cm³/mol. The number of nitrogens with one attached hydrogen (secondary N) is 4. The molecule has 5 aromatic rings. The third-order valence-electron chi connectivity index (χ3n) is 9.79. The maximum absolute atomic E-state index is 14.0. The van der Waals surface area contributed by atoms with Crippen molar-refractivity contribution < 1.29 is 47.6 Å². The van der Waals surface area contributed by atoms with Gasteiger partial charge in [0.15, 0.2) is 17.9 Å². The lowest BCUT2D eigenvalue weighted by molar-refractivity contribution is -0.272. The lowest BCUT2D eigenvalue weighted by Crippen LogP contribution is -2.64. The zero-order valence-corrected chi connectivity index (χ0v) is 36.9. The van der Waals surface area contributed by atoms with Crippen LogP contribution in [0.3, 0.4) is 0 Å². The van der Waals surface area contributed by atoms with Crippen molar-refractivity contribution in [2.45, 2.75) is 86.1 Å². The average molecular weight is 870 g/mol. The molecule has 1 aliphatic heterocycles. The Morgan fingerprint density at radius 3 is 1.22 bits per heavy atom. The summed E-state index contributed by atoms with van der Waals surface area (Å²) >= 11 is 0. The molecule has 0 aliphatic carbocycles. The van der Waals surface area contributed by atoms with E-state index in [1.54, 1.807) is 48.5 Å². The van der Waals surface area contributed by atoms with Crippen molar-refractivity contribution in [1.29, 1.82) is 0 Å². The molecule has 0 aromatic heterocycles. The van der Waals surface area contributed by atoms with Crippen LogP contribution in [0.2, 0.25) is 0 Å². The highest BCUT2D eigenvalue weighted by molar-refractivity contribution is 5.87. The molecule has 0 spiro atoms. The first-order valence-electron chi connectivity index (χ1n) is 20.5. The topological polar surface area (TPSA) is 176 Å². The van der Waals surface area contributed by atoms with Gasteiger partial charge in [-0.1, -0.05) is 36.4 Å². The van der Waals surface area contributed by atoms with Crippen molar-refractivity contribution in [3.05, 3.63) is 153 Å². The van der Waals surface area contributed by atoms with Crippen LogP contribution in [0.15, 0.2) is 97.1 Å². The van der Waals surface area contributed by atoms with Crippen molar-refractivity contribution >= 4 is 52.8 Å². The molecule has 1 saturated heterocycles. The molecule has 0 radical (unpaired) electrons. The van der Waals surface area contributed by atoms with Gasteiger partial charge in [0.1, 0.15) is 18.5 Å². The van der Waals surface area contributed by atoms with Gasteiger partial charge < -0.3 is 28.4 Å². The Morgan fingerprint density at radius 2 is 0.844 bits per heavy atom. The van der Waals surface area contributed by atoms with Gasteiger partial charge in [-0.05, 0) is 161 Å². The molecule has 1 heterocycles. The molecule has 332 valence electrons. The van der Waals surface area contributed by atoms with Gasteiger partial charge in [-0.15, -0.1) is 0 Å². The molecule has 6 rings (SSSR count). The molecule has 0 saturated carbocycles. The predicted octanol–water partition coefficient (Wildman–Crippen LogP) is 10.9. The molecule has 0 unspecified atom stereocenters. The van der Waals surface area contributed by atoms with E-state index in [1.807, 2.05) is 79.7 Å². The monoisotopic (exact) mass is 869 g/mol. The number of carbonyl (C=O) groups excluding carboxylic acids is 4. The van der Waals surface area contributed by atoms with E-state index in [9.17, 15) is 19.2 Å². The molecular formula is C49H51N5O10. The lowest BCUT2D eigenvalue weighted by atomic mass is 9.98. The number of hydrogen-bond acceptors (Lipinski definition) is 10. The van der Waals surface area contributed by atoms with E-state index >= 15 is 0 Å². The summed E-state index contributed by atoms with van der Waals surface area (Å²) in [5, 5.41) is 10.9. The summed E-state index contributed by atoms with van der Waals surface area (Å²) in [6.07, 6.45) is -11.8. The Labute approximate surface area is 372 Å². The first-order chi connectivity index (χ1) is 30.5. The molecule has 4 amide bonds. The van der Waals surface area contributed by atoms with Crippen molar-refractivity contribution in [3.63, 3.8) is 0 Å². The fourth-order valence-electron chi connectivity index (χ4n) is 7.55. The molecule has 1 fully saturated rings. The van der Waals surface area contributed by atoms with Gasteiger partial charge in [-0.2, -0.15) is 0 Å². The molecule has 0 bridgehead atoms. The summed E-state index contributed by atoms with van der Waals surface area (Å²) < 4.78 is 36.7. The SMILES string of the molecule is [C-]#[N+]c1ccc(O[C@@H]2O[C@H](COC(=O)Nc3cc(C)cc(C)c3)[C@@H](OC(=O)Nc3cc(C)cc(C)c3)[C@H](OC(=O)Nc3cc(C)cc(C)c3)[C@H]2OC(=O)Nc2cc(C)cc(C)c2)cc1. The minimum atomic E-state index is -1.68. The van der Waals surface area contributed by atoms with Crippen LogP contribution in [0.4, 0.5) is 47.6 Å². The zero-order chi connectivity index (χ0) is 46.1. The number of rotatable bonds is 11. The van der Waals surface area contributed by atoms with Crippen LogP contribution < -0.4 is 26.0 Å². The van der Waals surface area contributed by atoms with Crippen LogP contribution in [0.1, 0.15) is 44.5 Å². The van der Waals surface area contributed by atoms with Crippen LogP contribution in [0.25, 0.3) is 4.85 Å². The van der Waals surface area contributed by atoms with Gasteiger partial charge in [0.2, 0.25) is 12.4 Å². The number of carbonyl (C=O) groups is 4. The number of nitrogens with zero attached hydrogens (tertiary/aromatic N) is 1. The van der Waals surface area contributed by atoms with Gasteiger partial charge >= 0.3 is 24.4 Å². The van der Waals surface area contributed by atoms with Gasteiger partial charge in [0.25, 0.3) is 0 Å². The number of benzene rings is 5. The Morgan fingerprint density at radius 1 is 0.500 bits per heavy atom. The number of aryl methyl sites for hydroxylation is 8. The molecule has 15 heteroatoms. The van der Waals surface area contributed by atoms with Gasteiger partial charge in [-0.3, -0.25) is 21.3 Å². The molecule has 5 aromatic carbocycles. The second kappa shape index (κ2) is 20.5. The molecule has 1 aliphatic rings. The second-order valence-corrected chi connectivity index (χ2v) is 16.0. The highest BCUT2D eigenvalue weighted by atomic mass is 16.7. The Hall–Kier alpha value is -7.57. The van der Waals surface area contributed by atoms with Gasteiger partial charge in [0, 0.05) is 22.7 Å². The smallest absolute Gasteiger partial charge is 0.412 e. The standard InChI is InChI=1S/C49H51N5O10/c1-27-14-28(2)19-36(18-27)51-46(55)59-26-41-42(62-47(56)52-37-20-29(3)15-30(4)21-37)43(63-48(57)53-38-22-31(5)16-32(6)23-38)44(45(61-41)60-40-12-10-35(50-9)11-13-40)64-49(58)54-39-24-33(7)17-34(8)25-39/h10-25,41-45H,26H2,1-8H3,(H,51,55)(H,52,56)(H,53,57)(H,54,58)/t41-,42-,43+,44-,45-/m1/s1. The van der Waals surface area contributed by atoms with E-state index in [1.165, 1.54) is 24.3 Å². The van der Waals surface area contributed by atoms with E-state index in [-0.39, 0.29) is 5.75 Å². The van der Waals surface area contributed by atoms with E-state index in [2.05, 4.69) is 26.1 Å². The van der Waals surface area contributed by atoms with Gasteiger partial charge in [-0.25, -0.2) is 24.0 Å². The third-order valence-corrected chi connectivity index (χ3v) is 9.79. The van der Waals surface area contributed by atoms with Crippen LogP contribution in [0, 0.1) is 62.0 Å². The van der Waals surface area contributed by atoms with Crippen molar-refractivity contribution in [2.24, 2.45) is 0 Å². The number of hydrogen-bond donors (Lipinski definition) is 4. The molecule has 15 nitrogen and oxygen atoms in total. The van der Waals surface area contributed by atoms with E-state index in [4.69, 9.17) is 35.0 Å². The van der Waals surface area contributed by atoms with E-state index in [0.717, 1.165) is 44.5 Å². The third kappa shape index (κ3) is 13.0. The maximum Gasteiger partial charge on any atom is 0.412 e. The van der Waals surface area contributed by atoms with Crippen molar-refractivity contribution in [3.8, 4) is 5.75 Å². The lowest BCUT2D eigenvalue weighted by Gasteiger charge is -2.44. The normalized spacial score (nSPS) is 17.8. The summed E-state index contributed by atoms with van der Waals surface area (Å²) in [6.45, 7) is 21.8. The highest BCUT2D eigenvalue weighted by Gasteiger charge is 2.54. The van der Waals surface area contributed by atoms with Crippen molar-refractivity contribution in [2.75, 3.05) is 27.9 Å². The summed E-state index contributed by atoms with van der Waals surface area (Å²) in [5.74, 6) is 0.179. The minimum absolute atomic E-state index is 0.179. The van der Waals surface area contributed by atoms with E-state index < -0.39 is 61.7 Å². The van der Waals surface area contributed by atoms with Crippen LogP contribution >= 0.6 is 0 Å². The fraction of sp³-hybridized carbons (Fsp3) is 0.286. The second-order valence-electron chi connectivity index (χ2n) is 16.0. The zero-order valence-electron chi connectivity index (χ0n) is 36.9. The van der Waals surface area contributed by atoms with E-state index in [0.29, 0.717) is 28.4 Å². The molecular weight excluding hydrogens is 819 g/mol. The number of ether oxygens (including phenoxy) is 6. The Balaban J connectivity index is 1.40. The maximum atomic E-state index is 14.0. The first kappa shape index (κ1) is 45.9. The van der Waals surface area contributed by atoms with Gasteiger partial charge in [0.05, 0.1) is 6.57 Å². The van der Waals surface area contributed by atoms with Crippen molar-refractivity contribution in [1.82, 2.24) is 0 Å². The summed E-state index contributed by atoms with van der Waals surface area (Å²) in [5.41, 5.74) is 9.06. The van der Waals surface area contributed by atoms with Crippen LogP contribution in [-0.4, -0.2) is 61.7 Å². The minimum Gasteiger partial charge on any atom is -0.461 e. The molecule has 4 N–H and O–H groups in total. The summed E-state index contributed by atoms with van der Waals surface area (Å²) in [7, 11) is 0. The highest BCUT2D eigenvalue weighted by Crippen LogP contribution is 2.33. The number of amides is 4. The summed E-state index contributed by atoms with van der Waals surface area (Å²) in [6, 6.07) is 27.7.